The lowest BCUT2D eigenvalue weighted by molar-refractivity contribution is -0.136. The van der Waals surface area contributed by atoms with Crippen LogP contribution in [0.3, 0.4) is 0 Å². The highest BCUT2D eigenvalue weighted by Gasteiger charge is 2.31. The number of hydrogen-bond donors (Lipinski definition) is 2. The van der Waals surface area contributed by atoms with Gasteiger partial charge in [0.15, 0.2) is 11.5 Å². The standard InChI is InChI=1S/C20H20N2O4S/c1-2-25-17-9-13(19-22-11-18(27-19)20(23)24)7-8-16(17)26-12-15-6-4-3-5-14(15)10-21/h3-9,18-19,22H,2,11-12H2,1H3,(H,23,24)/t18-,19-/m0/s1. The first kappa shape index (κ1) is 19.1. The number of nitrogens with zero attached hydrogens (tertiary/aromatic N) is 1. The van der Waals surface area contributed by atoms with Gasteiger partial charge in [-0.05, 0) is 30.7 Å². The summed E-state index contributed by atoms with van der Waals surface area (Å²) in [5.41, 5.74) is 2.33. The number of aliphatic carboxylic acids is 1. The van der Waals surface area contributed by atoms with Gasteiger partial charge in [-0.25, -0.2) is 0 Å². The zero-order valence-corrected chi connectivity index (χ0v) is 15.7. The molecule has 0 spiro atoms. The maximum absolute atomic E-state index is 11.1. The van der Waals surface area contributed by atoms with Gasteiger partial charge in [0, 0.05) is 12.1 Å². The molecule has 2 aromatic carbocycles. The molecule has 1 aliphatic rings. The van der Waals surface area contributed by atoms with Crippen LogP contribution >= 0.6 is 11.8 Å². The third-order valence-electron chi connectivity index (χ3n) is 4.16. The van der Waals surface area contributed by atoms with E-state index in [9.17, 15) is 10.1 Å². The van der Waals surface area contributed by atoms with Crippen molar-refractivity contribution in [3.63, 3.8) is 0 Å². The molecule has 140 valence electrons. The van der Waals surface area contributed by atoms with Crippen LogP contribution in [0.15, 0.2) is 42.5 Å². The van der Waals surface area contributed by atoms with Crippen LogP contribution < -0.4 is 14.8 Å². The lowest BCUT2D eigenvalue weighted by Crippen LogP contribution is -2.21. The minimum Gasteiger partial charge on any atom is -0.490 e. The smallest absolute Gasteiger partial charge is 0.318 e. The Kier molecular flexibility index (Phi) is 6.22. The van der Waals surface area contributed by atoms with Gasteiger partial charge in [0.2, 0.25) is 0 Å². The van der Waals surface area contributed by atoms with Crippen molar-refractivity contribution in [1.29, 1.82) is 5.26 Å². The summed E-state index contributed by atoms with van der Waals surface area (Å²) in [6, 6.07) is 15.1. The number of carbonyl (C=O) groups is 1. The average Bonchev–Trinajstić information content (AvgIpc) is 3.18. The quantitative estimate of drug-likeness (QED) is 0.756. The first-order valence-electron chi connectivity index (χ1n) is 8.61. The Morgan fingerprint density at radius 3 is 2.81 bits per heavy atom. The lowest BCUT2D eigenvalue weighted by Gasteiger charge is -2.16. The Morgan fingerprint density at radius 1 is 1.30 bits per heavy atom. The van der Waals surface area contributed by atoms with Crippen molar-refractivity contribution in [2.24, 2.45) is 0 Å². The third-order valence-corrected chi connectivity index (χ3v) is 5.56. The second-order valence-electron chi connectivity index (χ2n) is 5.95. The van der Waals surface area contributed by atoms with E-state index in [1.165, 1.54) is 11.8 Å². The first-order chi connectivity index (χ1) is 13.1. The minimum absolute atomic E-state index is 0.0985. The maximum Gasteiger partial charge on any atom is 0.318 e. The summed E-state index contributed by atoms with van der Waals surface area (Å²) in [6.45, 7) is 3.07. The summed E-state index contributed by atoms with van der Waals surface area (Å²) < 4.78 is 11.6. The van der Waals surface area contributed by atoms with Crippen LogP contribution in [-0.2, 0) is 11.4 Å². The molecule has 27 heavy (non-hydrogen) atoms. The molecular weight excluding hydrogens is 364 g/mol. The fourth-order valence-corrected chi connectivity index (χ4v) is 3.94. The molecule has 1 heterocycles. The summed E-state index contributed by atoms with van der Waals surface area (Å²) in [5.74, 6) is 0.382. The van der Waals surface area contributed by atoms with Gasteiger partial charge in [-0.15, -0.1) is 11.8 Å². The molecule has 0 aromatic heterocycles. The number of nitriles is 1. The monoisotopic (exact) mass is 384 g/mol. The molecule has 2 atom stereocenters. The molecule has 1 saturated heterocycles. The predicted molar refractivity (Wildman–Crippen MR) is 103 cm³/mol. The molecule has 0 aliphatic carbocycles. The van der Waals surface area contributed by atoms with E-state index < -0.39 is 11.2 Å². The molecule has 0 bridgehead atoms. The van der Waals surface area contributed by atoms with Crippen molar-refractivity contribution in [3.05, 3.63) is 59.2 Å². The number of rotatable bonds is 7. The highest BCUT2D eigenvalue weighted by molar-refractivity contribution is 8.01. The van der Waals surface area contributed by atoms with Crippen molar-refractivity contribution in [1.82, 2.24) is 5.32 Å². The zero-order chi connectivity index (χ0) is 19.2. The Balaban J connectivity index is 1.76. The van der Waals surface area contributed by atoms with E-state index in [2.05, 4.69) is 11.4 Å². The summed E-state index contributed by atoms with van der Waals surface area (Å²) >= 11 is 1.38. The fraction of sp³-hybridized carbons (Fsp3) is 0.300. The molecule has 7 heteroatoms. The van der Waals surface area contributed by atoms with Crippen LogP contribution in [0, 0.1) is 11.3 Å². The minimum atomic E-state index is -0.809. The van der Waals surface area contributed by atoms with Gasteiger partial charge in [0.25, 0.3) is 0 Å². The normalized spacial score (nSPS) is 18.7. The van der Waals surface area contributed by atoms with E-state index in [-0.39, 0.29) is 12.0 Å². The Hall–Kier alpha value is -2.69. The van der Waals surface area contributed by atoms with Crippen molar-refractivity contribution < 1.29 is 19.4 Å². The highest BCUT2D eigenvalue weighted by Crippen LogP contribution is 2.39. The molecule has 1 aliphatic heterocycles. The number of carboxylic acids is 1. The van der Waals surface area contributed by atoms with E-state index in [0.717, 1.165) is 11.1 Å². The predicted octanol–water partition coefficient (Wildman–Crippen LogP) is 3.32. The van der Waals surface area contributed by atoms with Crippen molar-refractivity contribution in [3.8, 4) is 17.6 Å². The molecule has 6 nitrogen and oxygen atoms in total. The summed E-state index contributed by atoms with van der Waals surface area (Å²) in [5, 5.41) is 21.0. The van der Waals surface area contributed by atoms with Gasteiger partial charge in [-0.2, -0.15) is 5.26 Å². The first-order valence-corrected chi connectivity index (χ1v) is 9.56. The molecule has 2 N–H and O–H groups in total. The molecule has 2 aromatic rings. The van der Waals surface area contributed by atoms with E-state index in [4.69, 9.17) is 14.6 Å². The molecule has 1 fully saturated rings. The Bertz CT molecular complexity index is 865. The second-order valence-corrected chi connectivity index (χ2v) is 7.26. The number of benzene rings is 2. The maximum atomic E-state index is 11.1. The van der Waals surface area contributed by atoms with Gasteiger partial charge >= 0.3 is 5.97 Å². The zero-order valence-electron chi connectivity index (χ0n) is 14.8. The lowest BCUT2D eigenvalue weighted by atomic mass is 10.1. The van der Waals surface area contributed by atoms with Crippen LogP contribution in [0.4, 0.5) is 0 Å². The molecular formula is C20H20N2O4S. The Morgan fingerprint density at radius 2 is 2.11 bits per heavy atom. The average molecular weight is 384 g/mol. The van der Waals surface area contributed by atoms with Gasteiger partial charge in [-0.3, -0.25) is 10.1 Å². The number of hydrogen-bond acceptors (Lipinski definition) is 6. The molecule has 0 amide bonds. The molecule has 0 radical (unpaired) electrons. The second kappa shape index (κ2) is 8.80. The topological polar surface area (TPSA) is 91.6 Å². The molecule has 3 rings (SSSR count). The summed E-state index contributed by atoms with van der Waals surface area (Å²) in [7, 11) is 0. The largest absolute Gasteiger partial charge is 0.490 e. The van der Waals surface area contributed by atoms with Crippen LogP contribution in [0.2, 0.25) is 0 Å². The van der Waals surface area contributed by atoms with Gasteiger partial charge in [-0.1, -0.05) is 24.3 Å². The van der Waals surface area contributed by atoms with Crippen molar-refractivity contribution >= 4 is 17.7 Å². The van der Waals surface area contributed by atoms with Gasteiger partial charge in [0.1, 0.15) is 11.9 Å². The highest BCUT2D eigenvalue weighted by atomic mass is 32.2. The van der Waals surface area contributed by atoms with Crippen molar-refractivity contribution in [2.45, 2.75) is 24.2 Å². The van der Waals surface area contributed by atoms with E-state index in [0.29, 0.717) is 30.2 Å². The van der Waals surface area contributed by atoms with Crippen LogP contribution in [-0.4, -0.2) is 29.5 Å². The van der Waals surface area contributed by atoms with Crippen LogP contribution in [0.25, 0.3) is 0 Å². The van der Waals surface area contributed by atoms with Gasteiger partial charge in [0.05, 0.1) is 23.6 Å². The SMILES string of the molecule is CCOc1cc([C@H]2NC[C@@H](C(=O)O)S2)ccc1OCc1ccccc1C#N. The summed E-state index contributed by atoms with van der Waals surface area (Å²) in [4.78, 5) is 11.1. The number of carboxylic acid groups (broad SMARTS) is 1. The number of ether oxygens (including phenoxy) is 2. The van der Waals surface area contributed by atoms with E-state index in [1.807, 2.05) is 43.3 Å². The van der Waals surface area contributed by atoms with Crippen LogP contribution in [0.1, 0.15) is 29.0 Å². The molecule has 0 saturated carbocycles. The van der Waals surface area contributed by atoms with Crippen molar-refractivity contribution in [2.75, 3.05) is 13.2 Å². The van der Waals surface area contributed by atoms with Gasteiger partial charge < -0.3 is 14.6 Å². The Labute approximate surface area is 162 Å². The molecule has 0 unspecified atom stereocenters. The number of thioether (sulfide) groups is 1. The van der Waals surface area contributed by atoms with E-state index in [1.54, 1.807) is 6.07 Å². The number of nitrogens with one attached hydrogen (secondary N) is 1. The third kappa shape index (κ3) is 4.54. The summed E-state index contributed by atoms with van der Waals surface area (Å²) in [6.07, 6.45) is 0. The fourth-order valence-electron chi connectivity index (χ4n) is 2.80. The van der Waals surface area contributed by atoms with Crippen LogP contribution in [0.5, 0.6) is 11.5 Å². The van der Waals surface area contributed by atoms with E-state index >= 15 is 0 Å².